The summed E-state index contributed by atoms with van der Waals surface area (Å²) in [6, 6.07) is -0.597. The number of hydroxylamine groups is 2. The highest BCUT2D eigenvalue weighted by molar-refractivity contribution is 7.77. The van der Waals surface area contributed by atoms with Gasteiger partial charge in [0.15, 0.2) is 0 Å². The maximum atomic E-state index is 10.4. The van der Waals surface area contributed by atoms with Gasteiger partial charge in [-0.2, -0.15) is 0 Å². The van der Waals surface area contributed by atoms with E-state index in [1.165, 1.54) is 4.31 Å². The molecule has 1 aliphatic rings. The summed E-state index contributed by atoms with van der Waals surface area (Å²) >= 11 is 3.84. The third-order valence-corrected chi connectivity index (χ3v) is 1.20. The fourth-order valence-corrected chi connectivity index (χ4v) is 0.695. The molecule has 6 heteroatoms. The Balaban J connectivity index is 2.44. The Labute approximate surface area is 57.7 Å². The van der Waals surface area contributed by atoms with Gasteiger partial charge in [-0.1, -0.05) is 12.8 Å². The Morgan fingerprint density at radius 1 is 1.78 bits per heavy atom. The second kappa shape index (κ2) is 2.42. The van der Waals surface area contributed by atoms with E-state index in [9.17, 15) is 10.0 Å². The summed E-state index contributed by atoms with van der Waals surface area (Å²) in [5.41, 5.74) is 0. The lowest BCUT2D eigenvalue weighted by Crippen LogP contribution is -2.50. The van der Waals surface area contributed by atoms with Crippen molar-refractivity contribution in [1.29, 1.82) is 0 Å². The molecule has 1 rings (SSSR count). The molecule has 0 aromatic heterocycles. The van der Waals surface area contributed by atoms with Crippen molar-refractivity contribution in [3.05, 3.63) is 5.21 Å². The number of carbonyl (C=O) groups is 1. The van der Waals surface area contributed by atoms with Crippen LogP contribution >= 0.6 is 12.8 Å². The van der Waals surface area contributed by atoms with Crippen molar-refractivity contribution in [1.82, 2.24) is 14.7 Å². The van der Waals surface area contributed by atoms with Gasteiger partial charge in [-0.3, -0.25) is 0 Å². The van der Waals surface area contributed by atoms with Gasteiger partial charge in [0.2, 0.25) is 0 Å². The quantitative estimate of drug-likeness (QED) is 0.458. The molecule has 1 fully saturated rings. The van der Waals surface area contributed by atoms with Gasteiger partial charge in [0.1, 0.15) is 0 Å². The molecule has 0 aromatic rings. The molecule has 0 aromatic carbocycles. The van der Waals surface area contributed by atoms with Crippen LogP contribution in [0.2, 0.25) is 0 Å². The molecule has 0 saturated carbocycles. The minimum Gasteiger partial charge on any atom is -0.754 e. The van der Waals surface area contributed by atoms with Crippen molar-refractivity contribution in [2.75, 3.05) is 13.3 Å². The minimum atomic E-state index is -0.597. The van der Waals surface area contributed by atoms with Crippen LogP contribution in [0.1, 0.15) is 0 Å². The molecule has 0 atom stereocenters. The van der Waals surface area contributed by atoms with Gasteiger partial charge in [0.05, 0.1) is 13.3 Å². The summed E-state index contributed by atoms with van der Waals surface area (Å²) in [5, 5.41) is 13.0. The zero-order valence-electron chi connectivity index (χ0n) is 4.57. The van der Waals surface area contributed by atoms with Crippen LogP contribution in [0, 0.1) is 5.21 Å². The van der Waals surface area contributed by atoms with Crippen LogP contribution in [0.25, 0.3) is 0 Å². The van der Waals surface area contributed by atoms with Crippen LogP contribution in [-0.4, -0.2) is 28.7 Å². The predicted molar refractivity (Wildman–Crippen MR) is 34.3 cm³/mol. The number of carbonyl (C=O) groups excluding carboxylic acids is 1. The molecule has 0 bridgehead atoms. The maximum absolute atomic E-state index is 10.4. The molecule has 0 unspecified atom stereocenters. The van der Waals surface area contributed by atoms with Crippen molar-refractivity contribution in [2.45, 2.75) is 0 Å². The summed E-state index contributed by atoms with van der Waals surface area (Å²) < 4.78 is 1.40. The van der Waals surface area contributed by atoms with E-state index in [1.54, 1.807) is 0 Å². The fourth-order valence-electron chi connectivity index (χ4n) is 0.510. The Hall–Kier alpha value is -0.460. The smallest absolute Gasteiger partial charge is 0.308 e. The average Bonchev–Trinajstić information content (AvgIpc) is 1.80. The van der Waals surface area contributed by atoms with Gasteiger partial charge in [-0.25, -0.2) is 9.10 Å². The zero-order valence-corrected chi connectivity index (χ0v) is 5.47. The minimum absolute atomic E-state index is 0.0228. The van der Waals surface area contributed by atoms with E-state index < -0.39 is 6.03 Å². The van der Waals surface area contributed by atoms with Crippen LogP contribution in [0.3, 0.4) is 0 Å². The second-order valence-electron chi connectivity index (χ2n) is 1.67. The molecule has 0 spiro atoms. The fraction of sp³-hybridized carbons (Fsp3) is 0.667. The van der Waals surface area contributed by atoms with Gasteiger partial charge >= 0.3 is 6.03 Å². The third kappa shape index (κ3) is 1.47. The topological polar surface area (TPSA) is 58.6 Å². The van der Waals surface area contributed by atoms with Crippen molar-refractivity contribution in [2.24, 2.45) is 0 Å². The van der Waals surface area contributed by atoms with Crippen LogP contribution < -0.4 is 5.32 Å². The van der Waals surface area contributed by atoms with E-state index in [4.69, 9.17) is 0 Å². The Morgan fingerprint density at radius 2 is 2.44 bits per heavy atom. The number of hydrogen-bond donors (Lipinski definition) is 2. The third-order valence-electron chi connectivity index (χ3n) is 0.931. The standard InChI is InChI=1S/C3H6N3O2S/c7-3-4-1-5(9)2-6(3)8/h9H,1-2H2,(H,4,7)/q-1. The molecule has 0 aliphatic carbocycles. The highest BCUT2D eigenvalue weighted by atomic mass is 32.1. The van der Waals surface area contributed by atoms with Crippen LogP contribution in [0.5, 0.6) is 0 Å². The monoisotopic (exact) mass is 148 g/mol. The van der Waals surface area contributed by atoms with E-state index in [0.29, 0.717) is 11.7 Å². The molecule has 5 nitrogen and oxygen atoms in total. The molecule has 1 saturated heterocycles. The lowest BCUT2D eigenvalue weighted by Gasteiger charge is -2.36. The van der Waals surface area contributed by atoms with Gasteiger partial charge < -0.3 is 15.6 Å². The summed E-state index contributed by atoms with van der Waals surface area (Å²) in [7, 11) is 0. The zero-order chi connectivity index (χ0) is 6.85. The first-order valence-electron chi connectivity index (χ1n) is 2.36. The Bertz CT molecular complexity index is 130. The van der Waals surface area contributed by atoms with E-state index in [-0.39, 0.29) is 6.67 Å². The van der Waals surface area contributed by atoms with E-state index in [2.05, 4.69) is 18.1 Å². The molecule has 52 valence electrons. The highest BCUT2D eigenvalue weighted by Crippen LogP contribution is 1.99. The summed E-state index contributed by atoms with van der Waals surface area (Å²) in [5.74, 6) is 0. The molecule has 1 heterocycles. The SMILES string of the molecule is O=C1NCN(S)CN1[O-]. The van der Waals surface area contributed by atoms with Crippen LogP contribution in [-0.2, 0) is 0 Å². The molecular formula is C3H6N3O2S-. The number of thiol groups is 1. The lowest BCUT2D eigenvalue weighted by atomic mass is 10.7. The van der Waals surface area contributed by atoms with Gasteiger partial charge in [0.25, 0.3) is 0 Å². The first-order valence-corrected chi connectivity index (χ1v) is 2.76. The molecule has 1 N–H and O–H groups in total. The molecule has 1 aliphatic heterocycles. The molecule has 0 radical (unpaired) electrons. The van der Waals surface area contributed by atoms with Crippen LogP contribution in [0.4, 0.5) is 4.79 Å². The van der Waals surface area contributed by atoms with Gasteiger partial charge in [-0.05, 0) is 0 Å². The number of urea groups is 1. The van der Waals surface area contributed by atoms with Crippen molar-refractivity contribution in [3.8, 4) is 0 Å². The first kappa shape index (κ1) is 6.66. The first-order chi connectivity index (χ1) is 4.20. The van der Waals surface area contributed by atoms with Crippen molar-refractivity contribution < 1.29 is 4.79 Å². The normalized spacial score (nSPS) is 22.0. The highest BCUT2D eigenvalue weighted by Gasteiger charge is 2.12. The van der Waals surface area contributed by atoms with Crippen molar-refractivity contribution in [3.63, 3.8) is 0 Å². The van der Waals surface area contributed by atoms with Crippen LogP contribution in [0.15, 0.2) is 0 Å². The summed E-state index contributed by atoms with van der Waals surface area (Å²) in [4.78, 5) is 10.4. The number of rotatable bonds is 0. The predicted octanol–water partition coefficient (Wildman–Crippen LogP) is -0.429. The van der Waals surface area contributed by atoms with E-state index >= 15 is 0 Å². The maximum Gasteiger partial charge on any atom is 0.308 e. The Morgan fingerprint density at radius 3 is 2.89 bits per heavy atom. The summed E-state index contributed by atoms with van der Waals surface area (Å²) in [6.07, 6.45) is 0. The van der Waals surface area contributed by atoms with Crippen molar-refractivity contribution >= 4 is 18.8 Å². The molecular weight excluding hydrogens is 142 g/mol. The molecule has 9 heavy (non-hydrogen) atoms. The van der Waals surface area contributed by atoms with E-state index in [1.807, 2.05) is 0 Å². The van der Waals surface area contributed by atoms with E-state index in [0.717, 1.165) is 0 Å². The summed E-state index contributed by atoms with van der Waals surface area (Å²) in [6.45, 7) is 0.343. The number of nitrogens with one attached hydrogen (secondary N) is 1. The van der Waals surface area contributed by atoms with Gasteiger partial charge in [0, 0.05) is 0 Å². The number of nitrogens with zero attached hydrogens (tertiary/aromatic N) is 2. The van der Waals surface area contributed by atoms with Gasteiger partial charge in [-0.15, -0.1) is 0 Å². The largest absolute Gasteiger partial charge is 0.754 e. The number of hydrogen-bond acceptors (Lipinski definition) is 4. The Kier molecular flexibility index (Phi) is 1.79. The second-order valence-corrected chi connectivity index (χ2v) is 2.23. The molecule has 2 amide bonds. The number of amides is 2. The average molecular weight is 148 g/mol. The lowest BCUT2D eigenvalue weighted by molar-refractivity contribution is 0.177.